The van der Waals surface area contributed by atoms with Crippen molar-refractivity contribution in [1.29, 1.82) is 0 Å². The van der Waals surface area contributed by atoms with Crippen LogP contribution in [0.2, 0.25) is 0 Å². The molecule has 1 aromatic carbocycles. The number of hydrazone groups is 1. The molecule has 0 aliphatic carbocycles. The smallest absolute Gasteiger partial charge is 0.101 e. The van der Waals surface area contributed by atoms with E-state index in [1.165, 1.54) is 10.9 Å². The molecule has 0 aliphatic rings. The van der Waals surface area contributed by atoms with Gasteiger partial charge >= 0.3 is 0 Å². The molecule has 1 rings (SSSR count). The first kappa shape index (κ1) is 9.86. The van der Waals surface area contributed by atoms with Crippen LogP contribution in [0.15, 0.2) is 29.4 Å². The summed E-state index contributed by atoms with van der Waals surface area (Å²) in [5, 5.41) is 5.08. The predicted octanol–water partition coefficient (Wildman–Crippen LogP) is 1.91. The van der Waals surface area contributed by atoms with Crippen molar-refractivity contribution in [3.8, 4) is 0 Å². The molecule has 0 radical (unpaired) electrons. The normalized spacial score (nSPS) is 11.3. The highest BCUT2D eigenvalue weighted by Gasteiger charge is 1.98. The fraction of sp³-hybridized carbons (Fsp3) is 0.200. The van der Waals surface area contributed by atoms with E-state index in [9.17, 15) is 0 Å². The van der Waals surface area contributed by atoms with Crippen LogP contribution in [0.1, 0.15) is 18.1 Å². The molecule has 0 bridgehead atoms. The summed E-state index contributed by atoms with van der Waals surface area (Å²) in [7, 11) is 0. The van der Waals surface area contributed by atoms with Crippen molar-refractivity contribution in [2.75, 3.05) is 0 Å². The number of thiocarbonyl (C=S) groups is 1. The van der Waals surface area contributed by atoms with Crippen molar-refractivity contribution >= 4 is 23.3 Å². The Morgan fingerprint density at radius 2 is 2.08 bits per heavy atom. The summed E-state index contributed by atoms with van der Waals surface area (Å²) in [6, 6.07) is 8.07. The third-order valence-corrected chi connectivity index (χ3v) is 2.13. The molecule has 0 unspecified atom stereocenters. The summed E-state index contributed by atoms with van der Waals surface area (Å²) in [5.74, 6) is 5.18. The molecule has 0 amide bonds. The molecule has 68 valence electrons. The molecule has 2 nitrogen and oxygen atoms in total. The lowest BCUT2D eigenvalue weighted by Gasteiger charge is -2.00. The molecule has 0 aromatic heterocycles. The third kappa shape index (κ3) is 2.36. The van der Waals surface area contributed by atoms with Crippen LogP contribution in [0, 0.1) is 0 Å². The molecule has 0 fully saturated rings. The maximum absolute atomic E-state index is 5.18. The second-order valence-electron chi connectivity index (χ2n) is 2.68. The summed E-state index contributed by atoms with van der Waals surface area (Å²) in [5.41, 5.74) is 2.91. The molecule has 3 heteroatoms. The van der Waals surface area contributed by atoms with E-state index in [4.69, 9.17) is 18.1 Å². The predicted molar refractivity (Wildman–Crippen MR) is 60.2 cm³/mol. The van der Waals surface area contributed by atoms with Crippen LogP contribution in [0.3, 0.4) is 0 Å². The van der Waals surface area contributed by atoms with E-state index >= 15 is 0 Å². The number of benzene rings is 1. The third-order valence-electron chi connectivity index (χ3n) is 1.91. The summed E-state index contributed by atoms with van der Waals surface area (Å²) >= 11 is 4.78. The minimum Gasteiger partial charge on any atom is -0.323 e. The van der Waals surface area contributed by atoms with Crippen molar-refractivity contribution in [1.82, 2.24) is 0 Å². The highest BCUT2D eigenvalue weighted by atomic mass is 32.1. The maximum Gasteiger partial charge on any atom is 0.101 e. The van der Waals surface area contributed by atoms with Crippen LogP contribution < -0.4 is 5.84 Å². The van der Waals surface area contributed by atoms with Gasteiger partial charge in [-0.1, -0.05) is 43.4 Å². The van der Waals surface area contributed by atoms with Gasteiger partial charge in [0.15, 0.2) is 0 Å². The van der Waals surface area contributed by atoms with Gasteiger partial charge < -0.3 is 5.84 Å². The van der Waals surface area contributed by atoms with Gasteiger partial charge in [0.05, 0.1) is 0 Å². The number of rotatable bonds is 3. The van der Waals surface area contributed by atoms with Gasteiger partial charge in [0.1, 0.15) is 5.71 Å². The number of aryl methyl sites for hydroxylation is 1. The zero-order chi connectivity index (χ0) is 9.68. The molecule has 0 spiro atoms. The Hall–Kier alpha value is -1.22. The fourth-order valence-electron chi connectivity index (χ4n) is 1.08. The minimum absolute atomic E-state index is 0.651. The zero-order valence-corrected chi connectivity index (χ0v) is 8.34. The molecule has 0 aliphatic heterocycles. The van der Waals surface area contributed by atoms with Crippen molar-refractivity contribution in [3.63, 3.8) is 0 Å². The Labute approximate surface area is 83.5 Å². The Kier molecular flexibility index (Phi) is 3.58. The SMILES string of the molecule is CCc1ccc(/C(C=S)=N/N)cc1. The van der Waals surface area contributed by atoms with Gasteiger partial charge in [-0.25, -0.2) is 0 Å². The molecular weight excluding hydrogens is 180 g/mol. The maximum atomic E-state index is 5.18. The van der Waals surface area contributed by atoms with E-state index in [2.05, 4.69) is 24.2 Å². The number of hydrogen-bond acceptors (Lipinski definition) is 3. The molecule has 1 aromatic rings. The summed E-state index contributed by atoms with van der Waals surface area (Å²) < 4.78 is 0. The van der Waals surface area contributed by atoms with Crippen LogP contribution >= 0.6 is 12.2 Å². The van der Waals surface area contributed by atoms with Gasteiger partial charge in [-0.15, -0.1) is 0 Å². The monoisotopic (exact) mass is 192 g/mol. The van der Waals surface area contributed by atoms with Crippen molar-refractivity contribution in [3.05, 3.63) is 35.4 Å². The standard InChI is InChI=1S/C10H12N2S/c1-2-8-3-5-9(6-4-8)10(7-13)12-11/h3-7H,2,11H2,1H3/b12-10+. The van der Waals surface area contributed by atoms with Crippen LogP contribution in [0.25, 0.3) is 0 Å². The van der Waals surface area contributed by atoms with E-state index in [1.54, 1.807) is 0 Å². The van der Waals surface area contributed by atoms with Gasteiger partial charge in [-0.3, -0.25) is 0 Å². The second-order valence-corrected chi connectivity index (χ2v) is 2.92. The summed E-state index contributed by atoms with van der Waals surface area (Å²) in [6.45, 7) is 2.12. The van der Waals surface area contributed by atoms with E-state index in [0.29, 0.717) is 5.71 Å². The highest BCUT2D eigenvalue weighted by molar-refractivity contribution is 7.80. The van der Waals surface area contributed by atoms with Crippen LogP contribution in [-0.2, 0) is 6.42 Å². The number of nitrogens with two attached hydrogens (primary N) is 1. The average molecular weight is 192 g/mol. The van der Waals surface area contributed by atoms with Crippen LogP contribution in [0.5, 0.6) is 0 Å². The van der Waals surface area contributed by atoms with Crippen molar-refractivity contribution < 1.29 is 0 Å². The largest absolute Gasteiger partial charge is 0.323 e. The lowest BCUT2D eigenvalue weighted by molar-refractivity contribution is 1.14. The van der Waals surface area contributed by atoms with E-state index < -0.39 is 0 Å². The first-order valence-corrected chi connectivity index (χ1v) is 4.61. The summed E-state index contributed by atoms with van der Waals surface area (Å²) in [4.78, 5) is 0. The first-order valence-electron chi connectivity index (χ1n) is 4.14. The highest BCUT2D eigenvalue weighted by Crippen LogP contribution is 2.05. The molecule has 0 saturated carbocycles. The van der Waals surface area contributed by atoms with Gasteiger partial charge in [0.2, 0.25) is 0 Å². The fourth-order valence-corrected chi connectivity index (χ4v) is 1.28. The lowest BCUT2D eigenvalue weighted by Crippen LogP contribution is -2.04. The Bertz CT molecular complexity index is 314. The molecule has 0 heterocycles. The average Bonchev–Trinajstić information content (AvgIpc) is 2.21. The van der Waals surface area contributed by atoms with Gasteiger partial charge in [-0.05, 0) is 12.0 Å². The minimum atomic E-state index is 0.651. The van der Waals surface area contributed by atoms with Crippen LogP contribution in [0.4, 0.5) is 0 Å². The Morgan fingerprint density at radius 3 is 2.46 bits per heavy atom. The Morgan fingerprint density at radius 1 is 1.46 bits per heavy atom. The summed E-state index contributed by atoms with van der Waals surface area (Å²) in [6.07, 6.45) is 1.03. The molecule has 13 heavy (non-hydrogen) atoms. The zero-order valence-electron chi connectivity index (χ0n) is 7.53. The molecule has 2 N–H and O–H groups in total. The molecular formula is C10H12N2S. The van der Waals surface area contributed by atoms with Gasteiger partial charge in [0, 0.05) is 10.9 Å². The van der Waals surface area contributed by atoms with Crippen LogP contribution in [-0.4, -0.2) is 11.1 Å². The number of hydrogen-bond donors (Lipinski definition) is 1. The first-order chi connectivity index (χ1) is 6.31. The molecule has 0 atom stereocenters. The van der Waals surface area contributed by atoms with Gasteiger partial charge in [-0.2, -0.15) is 5.10 Å². The Balaban J connectivity index is 2.97. The van der Waals surface area contributed by atoms with E-state index in [1.807, 2.05) is 12.1 Å². The van der Waals surface area contributed by atoms with E-state index in [-0.39, 0.29) is 0 Å². The van der Waals surface area contributed by atoms with Gasteiger partial charge in [0.25, 0.3) is 0 Å². The number of nitrogens with zero attached hydrogens (tertiary/aromatic N) is 1. The quantitative estimate of drug-likeness (QED) is 0.344. The topological polar surface area (TPSA) is 38.4 Å². The van der Waals surface area contributed by atoms with E-state index in [0.717, 1.165) is 12.0 Å². The lowest BCUT2D eigenvalue weighted by atomic mass is 10.1. The van der Waals surface area contributed by atoms with Crippen molar-refractivity contribution in [2.24, 2.45) is 10.9 Å². The van der Waals surface area contributed by atoms with Crippen molar-refractivity contribution in [2.45, 2.75) is 13.3 Å². The second kappa shape index (κ2) is 4.72. The molecule has 0 saturated heterocycles.